The van der Waals surface area contributed by atoms with Crippen LogP contribution in [0.1, 0.15) is 22.7 Å². The van der Waals surface area contributed by atoms with Gasteiger partial charge in [-0.15, -0.1) is 0 Å². The van der Waals surface area contributed by atoms with E-state index in [1.165, 1.54) is 22.3 Å². The summed E-state index contributed by atoms with van der Waals surface area (Å²) in [6, 6.07) is 29.7. The molecule has 1 N–H and O–H groups in total. The van der Waals surface area contributed by atoms with Gasteiger partial charge in [-0.1, -0.05) is 78.9 Å². The van der Waals surface area contributed by atoms with Gasteiger partial charge in [0.15, 0.2) is 0 Å². The van der Waals surface area contributed by atoms with Crippen molar-refractivity contribution in [3.63, 3.8) is 0 Å². The number of hydrogen-bond donors (Lipinski definition) is 1. The number of phenolic OH excluding ortho intramolecular Hbond substituents is 1. The Morgan fingerprint density at radius 3 is 2.06 bits per heavy atom. The molecular formula is C28H25N3O. The van der Waals surface area contributed by atoms with E-state index >= 15 is 0 Å². The number of rotatable bonds is 3. The molecule has 0 radical (unpaired) electrons. The molecule has 2 aliphatic rings. The zero-order valence-corrected chi connectivity index (χ0v) is 17.9. The average molecular weight is 420 g/mol. The molecule has 1 fully saturated rings. The highest BCUT2D eigenvalue weighted by molar-refractivity contribution is 6.02. The molecule has 4 nitrogen and oxygen atoms in total. The van der Waals surface area contributed by atoms with E-state index in [1.807, 2.05) is 30.5 Å². The van der Waals surface area contributed by atoms with Crippen LogP contribution in [0, 0.1) is 0 Å². The fourth-order valence-corrected chi connectivity index (χ4v) is 5.17. The third-order valence-corrected chi connectivity index (χ3v) is 6.75. The molecule has 4 aromatic rings. The SMILES string of the molecule is Oc1ccc2ccccc2c1/C=N\N1CCN(C2c3ccccc3-c3ccccc32)CC1. The van der Waals surface area contributed by atoms with Crippen molar-refractivity contribution in [2.75, 3.05) is 26.2 Å². The minimum Gasteiger partial charge on any atom is -0.507 e. The van der Waals surface area contributed by atoms with E-state index in [0.717, 1.165) is 42.5 Å². The molecule has 1 aliphatic heterocycles. The van der Waals surface area contributed by atoms with Gasteiger partial charge >= 0.3 is 0 Å². The molecule has 6 rings (SSSR count). The molecule has 0 unspecified atom stereocenters. The van der Waals surface area contributed by atoms with Crippen molar-refractivity contribution in [3.8, 4) is 16.9 Å². The van der Waals surface area contributed by atoms with E-state index in [9.17, 15) is 5.11 Å². The molecule has 0 atom stereocenters. The molecule has 0 aromatic heterocycles. The Morgan fingerprint density at radius 2 is 1.34 bits per heavy atom. The summed E-state index contributed by atoms with van der Waals surface area (Å²) in [6.07, 6.45) is 1.81. The highest BCUT2D eigenvalue weighted by Crippen LogP contribution is 2.46. The van der Waals surface area contributed by atoms with Crippen LogP contribution in [0.3, 0.4) is 0 Å². The Balaban J connectivity index is 1.22. The molecule has 0 spiro atoms. The smallest absolute Gasteiger partial charge is 0.125 e. The lowest BCUT2D eigenvalue weighted by Gasteiger charge is -2.37. The predicted molar refractivity (Wildman–Crippen MR) is 130 cm³/mol. The van der Waals surface area contributed by atoms with Crippen LogP contribution in [0.5, 0.6) is 5.75 Å². The highest BCUT2D eigenvalue weighted by Gasteiger charge is 2.33. The van der Waals surface area contributed by atoms with Gasteiger partial charge in [-0.3, -0.25) is 9.91 Å². The molecule has 0 bridgehead atoms. The standard InChI is InChI=1S/C28H25N3O/c32-27-14-13-20-7-1-2-8-21(20)26(27)19-29-31-17-15-30(16-18-31)28-24-11-5-3-9-22(24)23-10-4-6-12-25(23)28/h1-14,19,28,32H,15-18H2/b29-19-. The monoisotopic (exact) mass is 419 g/mol. The zero-order valence-electron chi connectivity index (χ0n) is 17.9. The van der Waals surface area contributed by atoms with Crippen molar-refractivity contribution >= 4 is 17.0 Å². The maximum Gasteiger partial charge on any atom is 0.125 e. The van der Waals surface area contributed by atoms with E-state index in [0.29, 0.717) is 6.04 Å². The number of hydrogen-bond acceptors (Lipinski definition) is 4. The second-order valence-electron chi connectivity index (χ2n) is 8.53. The maximum absolute atomic E-state index is 10.4. The number of piperazine rings is 1. The van der Waals surface area contributed by atoms with E-state index in [1.54, 1.807) is 6.07 Å². The molecule has 32 heavy (non-hydrogen) atoms. The molecule has 0 amide bonds. The van der Waals surface area contributed by atoms with Gasteiger partial charge in [-0.05, 0) is 39.1 Å². The number of phenols is 1. The Kier molecular flexibility index (Phi) is 4.66. The first kappa shape index (κ1) is 19.1. The Labute approximate surface area is 188 Å². The average Bonchev–Trinajstić information content (AvgIpc) is 3.18. The Bertz CT molecular complexity index is 1280. The lowest BCUT2D eigenvalue weighted by atomic mass is 10.0. The summed E-state index contributed by atoms with van der Waals surface area (Å²) in [4.78, 5) is 2.58. The first-order valence-corrected chi connectivity index (χ1v) is 11.2. The summed E-state index contributed by atoms with van der Waals surface area (Å²) in [5.74, 6) is 0.269. The van der Waals surface area contributed by atoms with Crippen LogP contribution in [0.25, 0.3) is 21.9 Å². The third kappa shape index (κ3) is 3.15. The number of benzene rings is 4. The predicted octanol–water partition coefficient (Wildman–Crippen LogP) is 5.27. The topological polar surface area (TPSA) is 39.1 Å². The summed E-state index contributed by atoms with van der Waals surface area (Å²) in [5.41, 5.74) is 6.32. The van der Waals surface area contributed by atoms with Gasteiger partial charge in [0.1, 0.15) is 5.75 Å². The first-order valence-electron chi connectivity index (χ1n) is 11.2. The van der Waals surface area contributed by atoms with Crippen LogP contribution in [-0.4, -0.2) is 47.4 Å². The van der Waals surface area contributed by atoms with E-state index in [4.69, 9.17) is 5.10 Å². The van der Waals surface area contributed by atoms with Crippen molar-refractivity contribution < 1.29 is 5.11 Å². The maximum atomic E-state index is 10.4. The van der Waals surface area contributed by atoms with Crippen molar-refractivity contribution in [1.82, 2.24) is 9.91 Å². The van der Waals surface area contributed by atoms with Crippen molar-refractivity contribution in [2.24, 2.45) is 5.10 Å². The van der Waals surface area contributed by atoms with Gasteiger partial charge in [0.2, 0.25) is 0 Å². The minimum atomic E-state index is 0.269. The van der Waals surface area contributed by atoms with Crippen LogP contribution in [-0.2, 0) is 0 Å². The molecular weight excluding hydrogens is 394 g/mol. The summed E-state index contributed by atoms with van der Waals surface area (Å²) in [5, 5.41) is 19.4. The summed E-state index contributed by atoms with van der Waals surface area (Å²) in [7, 11) is 0. The third-order valence-electron chi connectivity index (χ3n) is 6.75. The van der Waals surface area contributed by atoms with Crippen molar-refractivity contribution in [2.45, 2.75) is 6.04 Å². The van der Waals surface area contributed by atoms with Gasteiger partial charge in [0, 0.05) is 31.7 Å². The molecule has 4 heteroatoms. The normalized spacial score (nSPS) is 16.6. The van der Waals surface area contributed by atoms with E-state index < -0.39 is 0 Å². The van der Waals surface area contributed by atoms with Crippen molar-refractivity contribution in [3.05, 3.63) is 102 Å². The lowest BCUT2D eigenvalue weighted by molar-refractivity contribution is 0.114. The van der Waals surface area contributed by atoms with Gasteiger partial charge in [0.25, 0.3) is 0 Å². The molecule has 1 saturated heterocycles. The Hall–Kier alpha value is -3.63. The number of hydrazone groups is 1. The Morgan fingerprint density at radius 1 is 0.719 bits per heavy atom. The molecule has 1 heterocycles. The van der Waals surface area contributed by atoms with Crippen molar-refractivity contribution in [1.29, 1.82) is 0 Å². The second-order valence-corrected chi connectivity index (χ2v) is 8.53. The highest BCUT2D eigenvalue weighted by atomic mass is 16.3. The number of fused-ring (bicyclic) bond motifs is 4. The van der Waals surface area contributed by atoms with Gasteiger partial charge in [0.05, 0.1) is 12.3 Å². The van der Waals surface area contributed by atoms with Gasteiger partial charge in [-0.25, -0.2) is 0 Å². The van der Waals surface area contributed by atoms with Crippen LogP contribution < -0.4 is 0 Å². The van der Waals surface area contributed by atoms with Crippen LogP contribution in [0.15, 0.2) is 90.0 Å². The fourth-order valence-electron chi connectivity index (χ4n) is 5.17. The first-order chi connectivity index (χ1) is 15.8. The summed E-state index contributed by atoms with van der Waals surface area (Å²) < 4.78 is 0. The van der Waals surface area contributed by atoms with Crippen LogP contribution in [0.2, 0.25) is 0 Å². The second kappa shape index (κ2) is 7.81. The largest absolute Gasteiger partial charge is 0.507 e. The molecule has 4 aromatic carbocycles. The lowest BCUT2D eigenvalue weighted by Crippen LogP contribution is -2.45. The van der Waals surface area contributed by atoms with E-state index in [2.05, 4.69) is 64.5 Å². The number of aromatic hydroxyl groups is 1. The minimum absolute atomic E-state index is 0.269. The molecule has 0 saturated carbocycles. The quantitative estimate of drug-likeness (QED) is 0.460. The molecule has 1 aliphatic carbocycles. The van der Waals surface area contributed by atoms with Crippen LogP contribution in [0.4, 0.5) is 0 Å². The summed E-state index contributed by atoms with van der Waals surface area (Å²) >= 11 is 0. The van der Waals surface area contributed by atoms with E-state index in [-0.39, 0.29) is 5.75 Å². The van der Waals surface area contributed by atoms with Crippen LogP contribution >= 0.6 is 0 Å². The molecule has 158 valence electrons. The van der Waals surface area contributed by atoms with Gasteiger partial charge in [-0.2, -0.15) is 5.10 Å². The zero-order chi connectivity index (χ0) is 21.5. The number of nitrogens with zero attached hydrogens (tertiary/aromatic N) is 3. The summed E-state index contributed by atoms with van der Waals surface area (Å²) in [6.45, 7) is 3.63. The van der Waals surface area contributed by atoms with Gasteiger partial charge < -0.3 is 5.11 Å². The fraction of sp³-hybridized carbons (Fsp3) is 0.179.